The van der Waals surface area contributed by atoms with Gasteiger partial charge in [0.1, 0.15) is 12.2 Å². The van der Waals surface area contributed by atoms with Crippen LogP contribution < -0.4 is 16.4 Å². The van der Waals surface area contributed by atoms with Gasteiger partial charge in [-0.3, -0.25) is 9.59 Å². The lowest BCUT2D eigenvalue weighted by Gasteiger charge is -2.03. The van der Waals surface area contributed by atoms with Crippen molar-refractivity contribution in [2.45, 2.75) is 19.6 Å². The maximum atomic E-state index is 11.7. The normalized spacial score (nSPS) is 10.3. The van der Waals surface area contributed by atoms with Gasteiger partial charge in [0.25, 0.3) is 0 Å². The number of rotatable bonds is 7. The third-order valence-electron chi connectivity index (χ3n) is 2.58. The summed E-state index contributed by atoms with van der Waals surface area (Å²) in [6.45, 7) is 0.764. The molecule has 112 valence electrons. The molecule has 0 bridgehead atoms. The smallest absolute Gasteiger partial charge is 0.242 e. The quantitative estimate of drug-likeness (QED) is 0.621. The summed E-state index contributed by atoms with van der Waals surface area (Å²) in [5, 5.41) is 15.0. The number of carbonyl (C=O) groups excluding carboxylic acids is 2. The molecule has 0 saturated heterocycles. The van der Waals surface area contributed by atoms with Gasteiger partial charge in [-0.15, -0.1) is 16.4 Å². The van der Waals surface area contributed by atoms with E-state index in [0.717, 1.165) is 4.88 Å². The van der Waals surface area contributed by atoms with Crippen molar-refractivity contribution < 1.29 is 9.59 Å². The molecule has 21 heavy (non-hydrogen) atoms. The largest absolute Gasteiger partial charge is 0.350 e. The first kappa shape index (κ1) is 15.1. The van der Waals surface area contributed by atoms with Crippen molar-refractivity contribution in [3.05, 3.63) is 34.3 Å². The molecule has 2 heterocycles. The molecule has 2 aromatic heterocycles. The van der Waals surface area contributed by atoms with Crippen LogP contribution in [0.2, 0.25) is 0 Å². The fourth-order valence-corrected chi connectivity index (χ4v) is 2.20. The van der Waals surface area contributed by atoms with E-state index in [0.29, 0.717) is 12.2 Å². The third kappa shape index (κ3) is 4.97. The molecule has 4 N–H and O–H groups in total. The molecule has 0 atom stereocenters. The van der Waals surface area contributed by atoms with E-state index in [1.54, 1.807) is 17.5 Å². The molecule has 0 aliphatic heterocycles. The van der Waals surface area contributed by atoms with Gasteiger partial charge in [-0.2, -0.15) is 0 Å². The van der Waals surface area contributed by atoms with Gasteiger partial charge in [0, 0.05) is 4.88 Å². The van der Waals surface area contributed by atoms with Crippen LogP contribution in [0.15, 0.2) is 23.7 Å². The van der Waals surface area contributed by atoms with Gasteiger partial charge in [0.2, 0.25) is 11.8 Å². The zero-order valence-corrected chi connectivity index (χ0v) is 12.1. The van der Waals surface area contributed by atoms with E-state index in [-0.39, 0.29) is 31.4 Å². The Morgan fingerprint density at radius 3 is 2.81 bits per heavy atom. The first-order valence-corrected chi connectivity index (χ1v) is 7.20. The molecule has 0 aromatic carbocycles. The van der Waals surface area contributed by atoms with Crippen molar-refractivity contribution in [3.63, 3.8) is 0 Å². The Morgan fingerprint density at radius 1 is 1.29 bits per heavy atom. The number of nitrogens with zero attached hydrogens (tertiary/aromatic N) is 3. The van der Waals surface area contributed by atoms with Crippen LogP contribution in [0.3, 0.4) is 0 Å². The van der Waals surface area contributed by atoms with E-state index in [1.165, 1.54) is 4.68 Å². The second-order valence-corrected chi connectivity index (χ2v) is 5.28. The monoisotopic (exact) mass is 308 g/mol. The van der Waals surface area contributed by atoms with Gasteiger partial charge in [0.05, 0.1) is 25.8 Å². The summed E-state index contributed by atoms with van der Waals surface area (Å²) >= 11 is 1.59. The van der Waals surface area contributed by atoms with Crippen LogP contribution in [0.4, 0.5) is 0 Å². The average Bonchev–Trinajstić information content (AvgIpc) is 3.14. The van der Waals surface area contributed by atoms with Gasteiger partial charge in [0.15, 0.2) is 0 Å². The summed E-state index contributed by atoms with van der Waals surface area (Å²) < 4.78 is 1.42. The van der Waals surface area contributed by atoms with E-state index >= 15 is 0 Å². The number of nitrogens with two attached hydrogens (primary N) is 1. The molecular weight excluding hydrogens is 292 g/mol. The van der Waals surface area contributed by atoms with Crippen molar-refractivity contribution in [2.24, 2.45) is 5.73 Å². The highest BCUT2D eigenvalue weighted by Crippen LogP contribution is 2.07. The highest BCUT2D eigenvalue weighted by molar-refractivity contribution is 7.09. The Labute approximate surface area is 125 Å². The standard InChI is InChI=1S/C12H16N6O2S/c13-4-11(19)14-5-9-7-18(17-16-9)8-12(20)15-6-10-2-1-3-21-10/h1-3,7H,4-6,8,13H2,(H,14,19)(H,15,20). The van der Waals surface area contributed by atoms with Crippen LogP contribution in [-0.2, 0) is 29.2 Å². The topological polar surface area (TPSA) is 115 Å². The van der Waals surface area contributed by atoms with Crippen molar-refractivity contribution in [1.29, 1.82) is 0 Å². The van der Waals surface area contributed by atoms with Crippen LogP contribution >= 0.6 is 11.3 Å². The third-order valence-corrected chi connectivity index (χ3v) is 3.46. The molecule has 2 amide bonds. The maximum Gasteiger partial charge on any atom is 0.242 e. The fourth-order valence-electron chi connectivity index (χ4n) is 1.56. The highest BCUT2D eigenvalue weighted by atomic mass is 32.1. The van der Waals surface area contributed by atoms with Gasteiger partial charge < -0.3 is 16.4 Å². The molecule has 0 fully saturated rings. The fraction of sp³-hybridized carbons (Fsp3) is 0.333. The Morgan fingerprint density at radius 2 is 2.10 bits per heavy atom. The molecule has 9 heteroatoms. The molecule has 0 aliphatic rings. The van der Waals surface area contributed by atoms with Gasteiger partial charge in [-0.1, -0.05) is 11.3 Å². The highest BCUT2D eigenvalue weighted by Gasteiger charge is 2.07. The Kier molecular flexibility index (Phi) is 5.41. The number of nitrogens with one attached hydrogen (secondary N) is 2. The number of amides is 2. The first-order valence-electron chi connectivity index (χ1n) is 6.32. The van der Waals surface area contributed by atoms with Gasteiger partial charge >= 0.3 is 0 Å². The van der Waals surface area contributed by atoms with Crippen LogP contribution in [0, 0.1) is 0 Å². The minimum absolute atomic E-state index is 0.0702. The SMILES string of the molecule is NCC(=O)NCc1cn(CC(=O)NCc2cccs2)nn1. The lowest BCUT2D eigenvalue weighted by atomic mass is 10.4. The van der Waals surface area contributed by atoms with Crippen LogP contribution in [0.5, 0.6) is 0 Å². The van der Waals surface area contributed by atoms with E-state index in [9.17, 15) is 9.59 Å². The van der Waals surface area contributed by atoms with Crippen LogP contribution in [0.25, 0.3) is 0 Å². The number of thiophene rings is 1. The van der Waals surface area contributed by atoms with Crippen LogP contribution in [-0.4, -0.2) is 33.4 Å². The van der Waals surface area contributed by atoms with E-state index in [1.807, 2.05) is 17.5 Å². The van der Waals surface area contributed by atoms with Crippen LogP contribution in [0.1, 0.15) is 10.6 Å². The molecular formula is C12H16N6O2S. The summed E-state index contributed by atoms with van der Waals surface area (Å²) in [5.74, 6) is -0.413. The predicted molar refractivity (Wildman–Crippen MR) is 77.1 cm³/mol. The lowest BCUT2D eigenvalue weighted by molar-refractivity contribution is -0.122. The Balaban J connectivity index is 1.76. The van der Waals surface area contributed by atoms with Gasteiger partial charge in [-0.05, 0) is 11.4 Å². The minimum atomic E-state index is -0.266. The number of hydrogen-bond donors (Lipinski definition) is 3. The average molecular weight is 308 g/mol. The summed E-state index contributed by atoms with van der Waals surface area (Å²) in [5.41, 5.74) is 5.75. The molecule has 2 rings (SSSR count). The number of carbonyl (C=O) groups is 2. The van der Waals surface area contributed by atoms with Gasteiger partial charge in [-0.25, -0.2) is 4.68 Å². The second-order valence-electron chi connectivity index (χ2n) is 4.24. The Bertz CT molecular complexity index is 595. The van der Waals surface area contributed by atoms with Crippen molar-refractivity contribution in [2.75, 3.05) is 6.54 Å². The summed E-state index contributed by atoms with van der Waals surface area (Å²) in [6.07, 6.45) is 1.61. The van der Waals surface area contributed by atoms with E-state index < -0.39 is 0 Å². The summed E-state index contributed by atoms with van der Waals surface area (Å²) in [6, 6.07) is 3.89. The molecule has 0 unspecified atom stereocenters. The Hall–Kier alpha value is -2.26. The van der Waals surface area contributed by atoms with E-state index in [2.05, 4.69) is 20.9 Å². The van der Waals surface area contributed by atoms with Crippen molar-refractivity contribution >= 4 is 23.2 Å². The lowest BCUT2D eigenvalue weighted by Crippen LogP contribution is -2.29. The molecule has 0 radical (unpaired) electrons. The molecule has 2 aromatic rings. The molecule has 0 spiro atoms. The number of hydrogen-bond acceptors (Lipinski definition) is 6. The zero-order chi connectivity index (χ0) is 15.1. The zero-order valence-electron chi connectivity index (χ0n) is 11.3. The molecule has 0 aliphatic carbocycles. The molecule has 0 saturated carbocycles. The van der Waals surface area contributed by atoms with E-state index in [4.69, 9.17) is 5.73 Å². The maximum absolute atomic E-state index is 11.7. The number of aromatic nitrogens is 3. The first-order chi connectivity index (χ1) is 10.2. The summed E-state index contributed by atoms with van der Waals surface area (Å²) in [7, 11) is 0. The second kappa shape index (κ2) is 7.50. The summed E-state index contributed by atoms with van der Waals surface area (Å²) in [4.78, 5) is 23.9. The van der Waals surface area contributed by atoms with Crippen molar-refractivity contribution in [3.8, 4) is 0 Å². The minimum Gasteiger partial charge on any atom is -0.350 e. The predicted octanol–water partition coefficient (Wildman–Crippen LogP) is -0.769. The molecule has 8 nitrogen and oxygen atoms in total. The van der Waals surface area contributed by atoms with Crippen molar-refractivity contribution in [1.82, 2.24) is 25.6 Å².